The molecule has 1 heterocycles. The number of hydrogen-bond acceptors (Lipinski definition) is 2. The Morgan fingerprint density at radius 3 is 2.79 bits per heavy atom. The van der Waals surface area contributed by atoms with Gasteiger partial charge in [0.2, 0.25) is 0 Å². The zero-order valence-corrected chi connectivity index (χ0v) is 8.62. The lowest BCUT2D eigenvalue weighted by atomic mass is 10.1. The Morgan fingerprint density at radius 1 is 1.36 bits per heavy atom. The lowest BCUT2D eigenvalue weighted by molar-refractivity contribution is 0.590. The highest BCUT2D eigenvalue weighted by atomic mass is 15.2. The number of para-hydroxylation sites is 1. The monoisotopic (exact) mass is 186 g/mol. The van der Waals surface area contributed by atoms with E-state index in [0.29, 0.717) is 0 Å². The van der Waals surface area contributed by atoms with E-state index in [1.807, 2.05) is 19.9 Å². The van der Waals surface area contributed by atoms with Crippen molar-refractivity contribution in [1.29, 1.82) is 5.26 Å². The summed E-state index contributed by atoms with van der Waals surface area (Å²) in [6, 6.07) is 10.7. The average molecular weight is 186 g/mol. The van der Waals surface area contributed by atoms with Gasteiger partial charge >= 0.3 is 0 Å². The first kappa shape index (κ1) is 9.08. The second kappa shape index (κ2) is 3.02. The molecular weight excluding hydrogens is 172 g/mol. The molecule has 14 heavy (non-hydrogen) atoms. The van der Waals surface area contributed by atoms with Gasteiger partial charge in [-0.05, 0) is 31.9 Å². The second-order valence-electron chi connectivity index (χ2n) is 4.20. The minimum Gasteiger partial charge on any atom is -0.353 e. The Bertz CT molecular complexity index is 388. The van der Waals surface area contributed by atoms with Crippen LogP contribution >= 0.6 is 0 Å². The summed E-state index contributed by atoms with van der Waals surface area (Å²) in [5, 5.41) is 9.09. The van der Waals surface area contributed by atoms with Gasteiger partial charge in [0.15, 0.2) is 0 Å². The zero-order valence-electron chi connectivity index (χ0n) is 8.62. The van der Waals surface area contributed by atoms with Gasteiger partial charge in [0, 0.05) is 12.2 Å². The SMILES string of the molecule is CC(C)(C#N)N1CCc2ccccc21. The van der Waals surface area contributed by atoms with Gasteiger partial charge in [-0.3, -0.25) is 0 Å². The van der Waals surface area contributed by atoms with Gasteiger partial charge in [-0.25, -0.2) is 0 Å². The summed E-state index contributed by atoms with van der Waals surface area (Å²) >= 11 is 0. The number of benzene rings is 1. The summed E-state index contributed by atoms with van der Waals surface area (Å²) in [7, 11) is 0. The molecule has 0 aromatic heterocycles. The summed E-state index contributed by atoms with van der Waals surface area (Å²) in [5.74, 6) is 0. The molecule has 0 bridgehead atoms. The highest BCUT2D eigenvalue weighted by Gasteiger charge is 2.31. The first-order valence-electron chi connectivity index (χ1n) is 4.92. The molecule has 1 aromatic carbocycles. The third-order valence-electron chi connectivity index (χ3n) is 2.84. The molecule has 2 heteroatoms. The van der Waals surface area contributed by atoms with Crippen molar-refractivity contribution in [3.05, 3.63) is 29.8 Å². The molecule has 1 aliphatic heterocycles. The van der Waals surface area contributed by atoms with E-state index < -0.39 is 5.54 Å². The van der Waals surface area contributed by atoms with Crippen LogP contribution < -0.4 is 4.90 Å². The topological polar surface area (TPSA) is 27.0 Å². The maximum absolute atomic E-state index is 9.09. The van der Waals surface area contributed by atoms with Crippen LogP contribution in [0.5, 0.6) is 0 Å². The van der Waals surface area contributed by atoms with Gasteiger partial charge in [0.05, 0.1) is 6.07 Å². The van der Waals surface area contributed by atoms with Crippen LogP contribution in [0, 0.1) is 11.3 Å². The Kier molecular flexibility index (Phi) is 1.96. The summed E-state index contributed by atoms with van der Waals surface area (Å²) in [4.78, 5) is 2.18. The van der Waals surface area contributed by atoms with Crippen molar-refractivity contribution in [3.63, 3.8) is 0 Å². The maximum Gasteiger partial charge on any atom is 0.122 e. The van der Waals surface area contributed by atoms with Crippen LogP contribution in [0.15, 0.2) is 24.3 Å². The van der Waals surface area contributed by atoms with Crippen molar-refractivity contribution in [2.75, 3.05) is 11.4 Å². The predicted molar refractivity (Wildman–Crippen MR) is 57.2 cm³/mol. The molecule has 72 valence electrons. The van der Waals surface area contributed by atoms with E-state index in [0.717, 1.165) is 13.0 Å². The number of hydrogen-bond donors (Lipinski definition) is 0. The van der Waals surface area contributed by atoms with Crippen molar-refractivity contribution in [3.8, 4) is 6.07 Å². The number of rotatable bonds is 1. The van der Waals surface area contributed by atoms with Crippen molar-refractivity contribution in [2.45, 2.75) is 25.8 Å². The van der Waals surface area contributed by atoms with Gasteiger partial charge in [-0.15, -0.1) is 0 Å². The first-order chi connectivity index (χ1) is 6.65. The fourth-order valence-electron chi connectivity index (χ4n) is 1.98. The first-order valence-corrected chi connectivity index (χ1v) is 4.92. The molecule has 2 rings (SSSR count). The van der Waals surface area contributed by atoms with Gasteiger partial charge in [0.1, 0.15) is 5.54 Å². The molecular formula is C12H14N2. The normalized spacial score (nSPS) is 15.1. The molecule has 2 nitrogen and oxygen atoms in total. The van der Waals surface area contributed by atoms with E-state index >= 15 is 0 Å². The minimum atomic E-state index is -0.396. The number of nitrogens with zero attached hydrogens (tertiary/aromatic N) is 2. The largest absolute Gasteiger partial charge is 0.353 e. The van der Waals surface area contributed by atoms with Crippen LogP contribution in [0.1, 0.15) is 19.4 Å². The number of anilines is 1. The molecule has 0 spiro atoms. The molecule has 0 N–H and O–H groups in total. The van der Waals surface area contributed by atoms with E-state index in [1.54, 1.807) is 0 Å². The fraction of sp³-hybridized carbons (Fsp3) is 0.417. The number of nitriles is 1. The van der Waals surface area contributed by atoms with Crippen LogP contribution in [0.3, 0.4) is 0 Å². The minimum absolute atomic E-state index is 0.396. The van der Waals surface area contributed by atoms with E-state index in [2.05, 4.69) is 29.2 Å². The highest BCUT2D eigenvalue weighted by molar-refractivity contribution is 5.60. The molecule has 0 atom stereocenters. The fourth-order valence-corrected chi connectivity index (χ4v) is 1.98. The number of fused-ring (bicyclic) bond motifs is 1. The van der Waals surface area contributed by atoms with Crippen molar-refractivity contribution in [1.82, 2.24) is 0 Å². The third kappa shape index (κ3) is 1.26. The lowest BCUT2D eigenvalue weighted by Crippen LogP contribution is -2.41. The van der Waals surface area contributed by atoms with Crippen LogP contribution in [-0.2, 0) is 6.42 Å². The van der Waals surface area contributed by atoms with Gasteiger partial charge in [-0.2, -0.15) is 5.26 Å². The van der Waals surface area contributed by atoms with Gasteiger partial charge < -0.3 is 4.90 Å². The second-order valence-corrected chi connectivity index (χ2v) is 4.20. The van der Waals surface area contributed by atoms with Crippen LogP contribution in [-0.4, -0.2) is 12.1 Å². The Labute approximate surface area is 84.8 Å². The highest BCUT2D eigenvalue weighted by Crippen LogP contribution is 2.32. The Morgan fingerprint density at radius 2 is 2.07 bits per heavy atom. The van der Waals surface area contributed by atoms with E-state index in [-0.39, 0.29) is 0 Å². The molecule has 0 amide bonds. The summed E-state index contributed by atoms with van der Waals surface area (Å²) < 4.78 is 0. The Hall–Kier alpha value is -1.49. The molecule has 0 saturated carbocycles. The Balaban J connectivity index is 2.41. The van der Waals surface area contributed by atoms with Gasteiger partial charge in [0.25, 0.3) is 0 Å². The summed E-state index contributed by atoms with van der Waals surface area (Å²) in [6.07, 6.45) is 1.06. The smallest absolute Gasteiger partial charge is 0.122 e. The van der Waals surface area contributed by atoms with Crippen LogP contribution in [0.25, 0.3) is 0 Å². The molecule has 0 radical (unpaired) electrons. The standard InChI is InChI=1S/C12H14N2/c1-12(2,9-13)14-8-7-10-5-3-4-6-11(10)14/h3-6H,7-8H2,1-2H3. The predicted octanol–water partition coefficient (Wildman–Crippen LogP) is 2.35. The lowest BCUT2D eigenvalue weighted by Gasteiger charge is -2.31. The molecule has 0 fully saturated rings. The van der Waals surface area contributed by atoms with E-state index in [9.17, 15) is 0 Å². The van der Waals surface area contributed by atoms with Crippen molar-refractivity contribution < 1.29 is 0 Å². The third-order valence-corrected chi connectivity index (χ3v) is 2.84. The zero-order chi connectivity index (χ0) is 10.2. The molecule has 0 aliphatic carbocycles. The van der Waals surface area contributed by atoms with E-state index in [4.69, 9.17) is 5.26 Å². The van der Waals surface area contributed by atoms with Crippen LogP contribution in [0.2, 0.25) is 0 Å². The van der Waals surface area contributed by atoms with Crippen LogP contribution in [0.4, 0.5) is 5.69 Å². The average Bonchev–Trinajstić information content (AvgIpc) is 2.61. The maximum atomic E-state index is 9.09. The van der Waals surface area contributed by atoms with Crippen molar-refractivity contribution >= 4 is 5.69 Å². The molecule has 0 saturated heterocycles. The quantitative estimate of drug-likeness (QED) is 0.673. The summed E-state index contributed by atoms with van der Waals surface area (Å²) in [6.45, 7) is 4.89. The van der Waals surface area contributed by atoms with Gasteiger partial charge in [-0.1, -0.05) is 18.2 Å². The molecule has 1 aliphatic rings. The summed E-state index contributed by atoms with van der Waals surface area (Å²) in [5.41, 5.74) is 2.18. The molecule has 1 aromatic rings. The van der Waals surface area contributed by atoms with E-state index in [1.165, 1.54) is 11.3 Å². The molecule has 0 unspecified atom stereocenters. The van der Waals surface area contributed by atoms with Crippen molar-refractivity contribution in [2.24, 2.45) is 0 Å².